The van der Waals surface area contributed by atoms with Gasteiger partial charge in [-0.3, -0.25) is 14.5 Å². The number of rotatable bonds is 5. The van der Waals surface area contributed by atoms with E-state index in [-0.39, 0.29) is 17.9 Å². The molecule has 0 bridgehead atoms. The zero-order valence-corrected chi connectivity index (χ0v) is 14.7. The number of anilines is 2. The Kier molecular flexibility index (Phi) is 5.86. The van der Waals surface area contributed by atoms with Gasteiger partial charge in [-0.15, -0.1) is 0 Å². The quantitative estimate of drug-likeness (QED) is 0.719. The Labute approximate surface area is 153 Å². The number of hydrogen-bond donors (Lipinski definition) is 3. The van der Waals surface area contributed by atoms with Gasteiger partial charge in [0.1, 0.15) is 0 Å². The summed E-state index contributed by atoms with van der Waals surface area (Å²) >= 11 is 0. The molecule has 6 nitrogen and oxygen atoms in total. The lowest BCUT2D eigenvalue weighted by atomic mass is 10.0. The van der Waals surface area contributed by atoms with E-state index in [1.165, 1.54) is 0 Å². The molecule has 2 amide bonds. The Morgan fingerprint density at radius 2 is 1.65 bits per heavy atom. The molecule has 0 aromatic heterocycles. The van der Waals surface area contributed by atoms with Crippen molar-refractivity contribution in [3.8, 4) is 0 Å². The van der Waals surface area contributed by atoms with Gasteiger partial charge in [-0.25, -0.2) is 0 Å². The first-order valence-electron chi connectivity index (χ1n) is 8.84. The van der Waals surface area contributed by atoms with Gasteiger partial charge in [0.05, 0.1) is 12.1 Å². The van der Waals surface area contributed by atoms with Gasteiger partial charge in [-0.05, 0) is 37.1 Å². The molecule has 0 spiro atoms. The van der Waals surface area contributed by atoms with Crippen LogP contribution in [0.15, 0.2) is 54.6 Å². The number of nitrogens with two attached hydrogens (primary N) is 1. The second-order valence-corrected chi connectivity index (χ2v) is 6.53. The Hall–Kier alpha value is -2.86. The van der Waals surface area contributed by atoms with Gasteiger partial charge in [0, 0.05) is 30.5 Å². The molecule has 0 radical (unpaired) electrons. The molecule has 6 heteroatoms. The molecule has 0 aliphatic carbocycles. The largest absolute Gasteiger partial charge is 0.398 e. The van der Waals surface area contributed by atoms with Gasteiger partial charge in [0.2, 0.25) is 5.91 Å². The van der Waals surface area contributed by atoms with Crippen LogP contribution in [0.5, 0.6) is 0 Å². The van der Waals surface area contributed by atoms with Crippen LogP contribution in [-0.4, -0.2) is 42.4 Å². The van der Waals surface area contributed by atoms with Crippen molar-refractivity contribution in [3.63, 3.8) is 0 Å². The summed E-state index contributed by atoms with van der Waals surface area (Å²) in [6.07, 6.45) is 1.63. The van der Waals surface area contributed by atoms with Crippen LogP contribution in [0, 0.1) is 0 Å². The summed E-state index contributed by atoms with van der Waals surface area (Å²) in [5, 5.41) is 5.94. The van der Waals surface area contributed by atoms with Crippen molar-refractivity contribution in [1.29, 1.82) is 0 Å². The number of nitrogens with zero attached hydrogens (tertiary/aromatic N) is 1. The SMILES string of the molecule is Nc1ccccc1C(=O)NC1CCN(CC(=O)Nc2ccccc2)CC1. The lowest BCUT2D eigenvalue weighted by Gasteiger charge is -2.31. The lowest BCUT2D eigenvalue weighted by molar-refractivity contribution is -0.117. The highest BCUT2D eigenvalue weighted by molar-refractivity contribution is 5.99. The second-order valence-electron chi connectivity index (χ2n) is 6.53. The molecule has 0 atom stereocenters. The number of hydrogen-bond acceptors (Lipinski definition) is 4. The van der Waals surface area contributed by atoms with Crippen LogP contribution in [0.1, 0.15) is 23.2 Å². The summed E-state index contributed by atoms with van der Waals surface area (Å²) in [5.41, 5.74) is 7.66. The Morgan fingerprint density at radius 3 is 2.35 bits per heavy atom. The molecule has 1 aliphatic heterocycles. The van der Waals surface area contributed by atoms with E-state index in [2.05, 4.69) is 15.5 Å². The van der Waals surface area contributed by atoms with E-state index in [4.69, 9.17) is 5.73 Å². The molecule has 136 valence electrons. The van der Waals surface area contributed by atoms with E-state index in [0.717, 1.165) is 31.6 Å². The zero-order chi connectivity index (χ0) is 18.4. The minimum absolute atomic E-state index is 0.0178. The number of amides is 2. The fourth-order valence-electron chi connectivity index (χ4n) is 3.13. The molecule has 2 aromatic carbocycles. The first-order valence-corrected chi connectivity index (χ1v) is 8.84. The summed E-state index contributed by atoms with van der Waals surface area (Å²) in [5.74, 6) is -0.154. The van der Waals surface area contributed by atoms with Crippen LogP contribution < -0.4 is 16.4 Å². The first-order chi connectivity index (χ1) is 12.6. The maximum Gasteiger partial charge on any atom is 0.253 e. The maximum atomic E-state index is 12.3. The fraction of sp³-hybridized carbons (Fsp3) is 0.300. The van der Waals surface area contributed by atoms with Crippen molar-refractivity contribution in [2.24, 2.45) is 0 Å². The lowest BCUT2D eigenvalue weighted by Crippen LogP contribution is -2.46. The minimum atomic E-state index is -0.136. The molecule has 2 aromatic rings. The first kappa shape index (κ1) is 17.9. The summed E-state index contributed by atoms with van der Waals surface area (Å²) in [4.78, 5) is 26.6. The smallest absolute Gasteiger partial charge is 0.253 e. The van der Waals surface area contributed by atoms with Crippen molar-refractivity contribution in [2.45, 2.75) is 18.9 Å². The molecule has 26 heavy (non-hydrogen) atoms. The van der Waals surface area contributed by atoms with Crippen molar-refractivity contribution >= 4 is 23.2 Å². The van der Waals surface area contributed by atoms with Crippen molar-refractivity contribution in [3.05, 3.63) is 60.2 Å². The summed E-state index contributed by atoms with van der Waals surface area (Å²) in [7, 11) is 0. The predicted molar refractivity (Wildman–Crippen MR) is 103 cm³/mol. The minimum Gasteiger partial charge on any atom is -0.398 e. The predicted octanol–water partition coefficient (Wildman–Crippen LogP) is 2.10. The molecule has 1 fully saturated rings. The Bertz CT molecular complexity index is 755. The fourth-order valence-corrected chi connectivity index (χ4v) is 3.13. The number of benzene rings is 2. The second kappa shape index (κ2) is 8.49. The van der Waals surface area contributed by atoms with Crippen molar-refractivity contribution in [2.75, 3.05) is 30.7 Å². The summed E-state index contributed by atoms with van der Waals surface area (Å²) in [6, 6.07) is 16.6. The van der Waals surface area contributed by atoms with Crippen LogP contribution in [0.3, 0.4) is 0 Å². The van der Waals surface area contributed by atoms with Gasteiger partial charge in [-0.2, -0.15) is 0 Å². The summed E-state index contributed by atoms with van der Waals surface area (Å²) < 4.78 is 0. The van der Waals surface area contributed by atoms with Gasteiger partial charge in [0.25, 0.3) is 5.91 Å². The van der Waals surface area contributed by atoms with Crippen molar-refractivity contribution < 1.29 is 9.59 Å². The monoisotopic (exact) mass is 352 g/mol. The maximum absolute atomic E-state index is 12.3. The molecule has 1 heterocycles. The van der Waals surface area contributed by atoms with E-state index < -0.39 is 0 Å². The molecule has 3 rings (SSSR count). The zero-order valence-electron chi connectivity index (χ0n) is 14.7. The number of likely N-dealkylation sites (tertiary alicyclic amines) is 1. The highest BCUT2D eigenvalue weighted by Crippen LogP contribution is 2.14. The third kappa shape index (κ3) is 4.83. The van der Waals surface area contributed by atoms with E-state index in [1.54, 1.807) is 18.2 Å². The number of nitrogens with one attached hydrogen (secondary N) is 2. The van der Waals surface area contributed by atoms with Crippen LogP contribution in [-0.2, 0) is 4.79 Å². The molecule has 1 aliphatic rings. The summed E-state index contributed by atoms with van der Waals surface area (Å²) in [6.45, 7) is 1.91. The van der Waals surface area contributed by atoms with Gasteiger partial charge >= 0.3 is 0 Å². The highest BCUT2D eigenvalue weighted by Gasteiger charge is 2.23. The molecular formula is C20H24N4O2. The molecule has 4 N–H and O–H groups in total. The topological polar surface area (TPSA) is 87.5 Å². The number of nitrogen functional groups attached to an aromatic ring is 1. The van der Waals surface area contributed by atoms with Crippen molar-refractivity contribution in [1.82, 2.24) is 10.2 Å². The molecule has 0 unspecified atom stereocenters. The number of carbonyl (C=O) groups is 2. The van der Waals surface area contributed by atoms with E-state index in [9.17, 15) is 9.59 Å². The standard InChI is InChI=1S/C20H24N4O2/c21-18-9-5-4-8-17(18)20(26)23-16-10-12-24(13-11-16)14-19(25)22-15-6-2-1-3-7-15/h1-9,16H,10-14,21H2,(H,22,25)(H,23,26). The van der Waals surface area contributed by atoms with E-state index in [1.807, 2.05) is 36.4 Å². The van der Waals surface area contributed by atoms with Gasteiger partial charge < -0.3 is 16.4 Å². The van der Waals surface area contributed by atoms with Crippen LogP contribution in [0.2, 0.25) is 0 Å². The third-order valence-electron chi connectivity index (χ3n) is 4.55. The van der Waals surface area contributed by atoms with E-state index in [0.29, 0.717) is 17.8 Å². The average Bonchev–Trinajstić information content (AvgIpc) is 2.64. The number of para-hydroxylation sites is 2. The normalized spacial score (nSPS) is 15.4. The third-order valence-corrected chi connectivity index (χ3v) is 4.55. The van der Waals surface area contributed by atoms with Gasteiger partial charge in [-0.1, -0.05) is 30.3 Å². The van der Waals surface area contributed by atoms with Crippen LogP contribution in [0.4, 0.5) is 11.4 Å². The number of carbonyl (C=O) groups excluding carboxylic acids is 2. The molecular weight excluding hydrogens is 328 g/mol. The van der Waals surface area contributed by atoms with Crippen LogP contribution >= 0.6 is 0 Å². The average molecular weight is 352 g/mol. The highest BCUT2D eigenvalue weighted by atomic mass is 16.2. The van der Waals surface area contributed by atoms with Gasteiger partial charge in [0.15, 0.2) is 0 Å². The molecule has 0 saturated carbocycles. The Balaban J connectivity index is 1.43. The van der Waals surface area contributed by atoms with E-state index >= 15 is 0 Å². The molecule has 1 saturated heterocycles. The number of piperidine rings is 1. The Morgan fingerprint density at radius 1 is 1.00 bits per heavy atom. The van der Waals surface area contributed by atoms with Crippen LogP contribution in [0.25, 0.3) is 0 Å².